The van der Waals surface area contributed by atoms with E-state index in [1.807, 2.05) is 25.1 Å². The zero-order chi connectivity index (χ0) is 18.1. The third-order valence-corrected chi connectivity index (χ3v) is 4.03. The second-order valence-electron chi connectivity index (χ2n) is 5.64. The van der Waals surface area contributed by atoms with Crippen molar-refractivity contribution >= 4 is 40.2 Å². The van der Waals surface area contributed by atoms with Gasteiger partial charge in [0.05, 0.1) is 0 Å². The fraction of sp³-hybridized carbons (Fsp3) is 0.0556. The van der Waals surface area contributed by atoms with Crippen LogP contribution >= 0.6 is 11.6 Å². The van der Waals surface area contributed by atoms with Gasteiger partial charge in [-0.2, -0.15) is 9.66 Å². The molecule has 0 amide bonds. The molecule has 0 aliphatic carbocycles. The molecular formula is C18H14ClN5O2. The van der Waals surface area contributed by atoms with Crippen molar-refractivity contribution in [1.82, 2.24) is 14.6 Å². The molecule has 2 N–H and O–H groups in total. The monoisotopic (exact) mass is 367 g/mol. The molecule has 0 radical (unpaired) electrons. The molecule has 0 saturated carbocycles. The molecule has 2 aromatic heterocycles. The van der Waals surface area contributed by atoms with Gasteiger partial charge in [0.1, 0.15) is 5.52 Å². The number of halogens is 1. The molecule has 7 nitrogen and oxygen atoms in total. The van der Waals surface area contributed by atoms with E-state index in [2.05, 4.69) is 20.7 Å². The number of nitrogens with zero attached hydrogens (tertiary/aromatic N) is 3. The van der Waals surface area contributed by atoms with Gasteiger partial charge in [0.25, 0.3) is 0 Å². The summed E-state index contributed by atoms with van der Waals surface area (Å²) in [5.41, 5.74) is 5.70. The summed E-state index contributed by atoms with van der Waals surface area (Å²) < 4.78 is 6.54. The number of nitrogens with one attached hydrogen (secondary N) is 2. The first-order valence-electron chi connectivity index (χ1n) is 7.84. The molecule has 4 aromatic rings. The van der Waals surface area contributed by atoms with E-state index in [1.165, 1.54) is 4.68 Å². The summed E-state index contributed by atoms with van der Waals surface area (Å²) in [6.45, 7) is 1.85. The molecule has 2 heterocycles. The Balaban J connectivity index is 1.67. The van der Waals surface area contributed by atoms with Gasteiger partial charge in [-0.3, -0.25) is 5.43 Å². The lowest BCUT2D eigenvalue weighted by atomic mass is 10.3. The number of aryl methyl sites for hydroxylation is 1. The van der Waals surface area contributed by atoms with Gasteiger partial charge in [-0.25, -0.2) is 9.78 Å². The van der Waals surface area contributed by atoms with E-state index in [9.17, 15) is 4.79 Å². The van der Waals surface area contributed by atoms with Gasteiger partial charge in [0, 0.05) is 22.5 Å². The number of oxazole rings is 1. The van der Waals surface area contributed by atoms with Crippen LogP contribution in [0.1, 0.15) is 5.56 Å². The van der Waals surface area contributed by atoms with Crippen molar-refractivity contribution in [2.24, 2.45) is 0 Å². The maximum Gasteiger partial charge on any atom is 0.439 e. The molecule has 0 atom stereocenters. The number of hydrogen-bond acceptors (Lipinski definition) is 6. The average Bonchev–Trinajstić information content (AvgIpc) is 2.95. The van der Waals surface area contributed by atoms with E-state index < -0.39 is 5.76 Å². The zero-order valence-electron chi connectivity index (χ0n) is 13.7. The van der Waals surface area contributed by atoms with Crippen LogP contribution in [0.4, 0.5) is 17.5 Å². The molecule has 26 heavy (non-hydrogen) atoms. The molecule has 0 saturated heterocycles. The van der Waals surface area contributed by atoms with Crippen molar-refractivity contribution < 1.29 is 4.42 Å². The van der Waals surface area contributed by atoms with Crippen molar-refractivity contribution in [2.45, 2.75) is 6.92 Å². The minimum absolute atomic E-state index is 0.390. The van der Waals surface area contributed by atoms with Crippen molar-refractivity contribution in [2.75, 3.05) is 10.7 Å². The van der Waals surface area contributed by atoms with Gasteiger partial charge >= 0.3 is 5.76 Å². The van der Waals surface area contributed by atoms with Crippen molar-refractivity contribution in [1.29, 1.82) is 0 Å². The Labute approximate surface area is 153 Å². The summed E-state index contributed by atoms with van der Waals surface area (Å²) in [5.74, 6) is 0.364. The number of rotatable bonds is 4. The summed E-state index contributed by atoms with van der Waals surface area (Å²) >= 11 is 5.89. The maximum atomic E-state index is 12.1. The van der Waals surface area contributed by atoms with Gasteiger partial charge < -0.3 is 9.73 Å². The Kier molecular flexibility index (Phi) is 4.06. The van der Waals surface area contributed by atoms with E-state index in [-0.39, 0.29) is 0 Å². The van der Waals surface area contributed by atoms with Gasteiger partial charge in [0.2, 0.25) is 5.95 Å². The van der Waals surface area contributed by atoms with E-state index in [4.69, 9.17) is 16.0 Å². The minimum Gasteiger partial charge on any atom is -0.406 e. The highest BCUT2D eigenvalue weighted by molar-refractivity contribution is 6.30. The van der Waals surface area contributed by atoms with Crippen LogP contribution in [0.3, 0.4) is 0 Å². The summed E-state index contributed by atoms with van der Waals surface area (Å²) in [4.78, 5) is 20.8. The normalized spacial score (nSPS) is 10.8. The van der Waals surface area contributed by atoms with Crippen molar-refractivity contribution in [3.63, 3.8) is 0 Å². The van der Waals surface area contributed by atoms with Crippen LogP contribution in [0, 0.1) is 6.92 Å². The Hall–Kier alpha value is -3.32. The van der Waals surface area contributed by atoms with E-state index in [1.54, 1.807) is 36.5 Å². The molecular weight excluding hydrogens is 354 g/mol. The van der Waals surface area contributed by atoms with Gasteiger partial charge in [-0.15, -0.1) is 0 Å². The summed E-state index contributed by atoms with van der Waals surface area (Å²) in [6.07, 6.45) is 1.67. The third-order valence-electron chi connectivity index (χ3n) is 3.78. The molecule has 2 aromatic carbocycles. The first-order valence-corrected chi connectivity index (χ1v) is 8.22. The second kappa shape index (κ2) is 6.53. The van der Waals surface area contributed by atoms with Crippen molar-refractivity contribution in [3.05, 3.63) is 75.9 Å². The molecule has 0 fully saturated rings. The molecule has 0 aliphatic rings. The van der Waals surface area contributed by atoms with Crippen LogP contribution in [-0.2, 0) is 0 Å². The van der Waals surface area contributed by atoms with Crippen LogP contribution in [0.5, 0.6) is 0 Å². The van der Waals surface area contributed by atoms with Crippen LogP contribution in [0.25, 0.3) is 11.1 Å². The number of aromatic nitrogens is 3. The molecule has 0 bridgehead atoms. The predicted octanol–water partition coefficient (Wildman–Crippen LogP) is 3.97. The Morgan fingerprint density at radius 2 is 1.88 bits per heavy atom. The maximum absolute atomic E-state index is 12.1. The van der Waals surface area contributed by atoms with Crippen LogP contribution in [0.15, 0.2) is 63.9 Å². The van der Waals surface area contributed by atoms with Gasteiger partial charge in [-0.05, 0) is 43.3 Å². The highest BCUT2D eigenvalue weighted by atomic mass is 35.5. The third kappa shape index (κ3) is 3.12. The van der Waals surface area contributed by atoms with Gasteiger partial charge in [-0.1, -0.05) is 23.7 Å². The molecule has 8 heteroatoms. The SMILES string of the molecule is Cc1cnc(Nc2ccc(Cl)cc2)nc1Nn1c(=O)oc2ccccc21. The number of fused-ring (bicyclic) bond motifs is 1. The molecule has 0 spiro atoms. The lowest BCUT2D eigenvalue weighted by Crippen LogP contribution is -2.23. The molecule has 0 aliphatic heterocycles. The van der Waals surface area contributed by atoms with E-state index >= 15 is 0 Å². The van der Waals surface area contributed by atoms with E-state index in [0.717, 1.165) is 11.3 Å². The molecule has 4 rings (SSSR count). The number of anilines is 3. The number of benzene rings is 2. The lowest BCUT2D eigenvalue weighted by Gasteiger charge is -2.11. The van der Waals surface area contributed by atoms with Crippen molar-refractivity contribution in [3.8, 4) is 0 Å². The zero-order valence-corrected chi connectivity index (χ0v) is 14.5. The largest absolute Gasteiger partial charge is 0.439 e. The van der Waals surface area contributed by atoms with Crippen LogP contribution in [0.2, 0.25) is 5.02 Å². The van der Waals surface area contributed by atoms with Gasteiger partial charge in [0.15, 0.2) is 11.4 Å². The fourth-order valence-electron chi connectivity index (χ4n) is 2.46. The average molecular weight is 368 g/mol. The standard InChI is InChI=1S/C18H14ClN5O2/c1-11-10-20-17(21-13-8-6-12(19)7-9-13)22-16(11)23-24-14-4-2-3-5-15(14)26-18(24)25/h2-10H,1H3,(H2,20,21,22,23). The summed E-state index contributed by atoms with van der Waals surface area (Å²) in [5, 5.41) is 3.75. The lowest BCUT2D eigenvalue weighted by molar-refractivity contribution is 0.532. The van der Waals surface area contributed by atoms with Crippen LogP contribution in [-0.4, -0.2) is 14.6 Å². The second-order valence-corrected chi connectivity index (χ2v) is 6.08. The van der Waals surface area contributed by atoms with Crippen LogP contribution < -0.4 is 16.5 Å². The summed E-state index contributed by atoms with van der Waals surface area (Å²) in [6, 6.07) is 14.4. The van der Waals surface area contributed by atoms with E-state index in [0.29, 0.717) is 27.9 Å². The first-order chi connectivity index (χ1) is 12.6. The Morgan fingerprint density at radius 3 is 2.69 bits per heavy atom. The highest BCUT2D eigenvalue weighted by Gasteiger charge is 2.11. The minimum atomic E-state index is -0.517. The Bertz CT molecular complexity index is 1130. The quantitative estimate of drug-likeness (QED) is 0.567. The Morgan fingerprint density at radius 1 is 1.12 bits per heavy atom. The molecule has 0 unspecified atom stereocenters. The fourth-order valence-corrected chi connectivity index (χ4v) is 2.58. The number of para-hydroxylation sites is 2. The predicted molar refractivity (Wildman–Crippen MR) is 101 cm³/mol. The highest BCUT2D eigenvalue weighted by Crippen LogP contribution is 2.20. The summed E-state index contributed by atoms with van der Waals surface area (Å²) in [7, 11) is 0. The smallest absolute Gasteiger partial charge is 0.406 e. The number of hydrogen-bond donors (Lipinski definition) is 2. The topological polar surface area (TPSA) is 85.0 Å². The first kappa shape index (κ1) is 16.2. The molecule has 130 valence electrons.